The van der Waals surface area contributed by atoms with E-state index in [1.54, 1.807) is 31.2 Å². The maximum Gasteiger partial charge on any atom is 0.311 e. The number of amides is 1. The molecule has 9 heteroatoms. The molecule has 0 spiro atoms. The molecule has 1 fully saturated rings. The van der Waals surface area contributed by atoms with Gasteiger partial charge in [-0.25, -0.2) is 0 Å². The Labute approximate surface area is 173 Å². The fraction of sp³-hybridized carbons (Fsp3) is 0.333. The number of methoxy groups -OCH3 is 2. The van der Waals surface area contributed by atoms with Crippen LogP contribution in [-0.2, 0) is 14.3 Å². The number of anilines is 1. The lowest BCUT2D eigenvalue weighted by Crippen LogP contribution is -2.27. The number of ether oxygens (including phenoxy) is 3. The average molecular weight is 414 g/mol. The lowest BCUT2D eigenvalue weighted by atomic mass is 10.1. The maximum atomic E-state index is 12.6. The monoisotopic (exact) mass is 414 g/mol. The first-order valence-electron chi connectivity index (χ1n) is 9.31. The predicted molar refractivity (Wildman–Crippen MR) is 108 cm³/mol. The van der Waals surface area contributed by atoms with Gasteiger partial charge in [0.05, 0.1) is 30.7 Å². The zero-order valence-corrected chi connectivity index (χ0v) is 16.9. The van der Waals surface area contributed by atoms with Crippen LogP contribution < -0.4 is 14.4 Å². The SMILES string of the molecule is COc1ccc(N2C[C@H](C(=O)O[C@@H](C)c3cccc([N+](=O)[O-])c3)CC2=O)c(OC)c1. The lowest BCUT2D eigenvalue weighted by Gasteiger charge is -2.20. The molecule has 0 bridgehead atoms. The van der Waals surface area contributed by atoms with Crippen molar-refractivity contribution in [3.05, 3.63) is 58.1 Å². The number of hydrogen-bond acceptors (Lipinski definition) is 7. The van der Waals surface area contributed by atoms with Crippen LogP contribution >= 0.6 is 0 Å². The molecule has 0 unspecified atom stereocenters. The second kappa shape index (κ2) is 8.81. The molecule has 0 N–H and O–H groups in total. The number of nitro groups is 1. The van der Waals surface area contributed by atoms with Gasteiger partial charge < -0.3 is 19.1 Å². The van der Waals surface area contributed by atoms with Gasteiger partial charge in [-0.15, -0.1) is 0 Å². The highest BCUT2D eigenvalue weighted by Gasteiger charge is 2.38. The summed E-state index contributed by atoms with van der Waals surface area (Å²) in [5, 5.41) is 10.9. The van der Waals surface area contributed by atoms with Crippen LogP contribution in [0.5, 0.6) is 11.5 Å². The number of rotatable bonds is 7. The average Bonchev–Trinajstić information content (AvgIpc) is 3.14. The quantitative estimate of drug-likeness (QED) is 0.389. The van der Waals surface area contributed by atoms with E-state index < -0.39 is 22.9 Å². The summed E-state index contributed by atoms with van der Waals surface area (Å²) < 4.78 is 16.0. The molecule has 0 saturated carbocycles. The highest BCUT2D eigenvalue weighted by Crippen LogP contribution is 2.36. The van der Waals surface area contributed by atoms with Gasteiger partial charge in [0.15, 0.2) is 0 Å². The Balaban J connectivity index is 1.71. The molecule has 2 atom stereocenters. The maximum absolute atomic E-state index is 12.6. The van der Waals surface area contributed by atoms with Gasteiger partial charge in [0.2, 0.25) is 5.91 Å². The highest BCUT2D eigenvalue weighted by molar-refractivity contribution is 6.00. The minimum Gasteiger partial charge on any atom is -0.497 e. The summed E-state index contributed by atoms with van der Waals surface area (Å²) in [5.74, 6) is -0.350. The molecule has 0 radical (unpaired) electrons. The molecule has 30 heavy (non-hydrogen) atoms. The van der Waals surface area contributed by atoms with E-state index in [2.05, 4.69) is 0 Å². The van der Waals surface area contributed by atoms with E-state index in [1.807, 2.05) is 0 Å². The van der Waals surface area contributed by atoms with Crippen molar-refractivity contribution in [3.8, 4) is 11.5 Å². The Morgan fingerprint density at radius 3 is 2.63 bits per heavy atom. The minimum absolute atomic E-state index is 0.00960. The zero-order chi connectivity index (χ0) is 21.8. The summed E-state index contributed by atoms with van der Waals surface area (Å²) in [6, 6.07) is 11.0. The van der Waals surface area contributed by atoms with Crippen molar-refractivity contribution in [1.82, 2.24) is 0 Å². The first-order valence-corrected chi connectivity index (χ1v) is 9.31. The highest BCUT2D eigenvalue weighted by atomic mass is 16.6. The van der Waals surface area contributed by atoms with Gasteiger partial charge in [0.25, 0.3) is 5.69 Å². The Hall–Kier alpha value is -3.62. The Kier molecular flexibility index (Phi) is 6.20. The first-order chi connectivity index (χ1) is 14.3. The third kappa shape index (κ3) is 4.35. The molecule has 9 nitrogen and oxygen atoms in total. The number of non-ortho nitro benzene ring substituents is 1. The van der Waals surface area contributed by atoms with Gasteiger partial charge in [-0.05, 0) is 24.6 Å². The molecular formula is C21H22N2O7. The zero-order valence-electron chi connectivity index (χ0n) is 16.9. The fourth-order valence-electron chi connectivity index (χ4n) is 3.34. The molecule has 1 amide bonds. The molecule has 1 aliphatic heterocycles. The van der Waals surface area contributed by atoms with Crippen molar-refractivity contribution in [2.45, 2.75) is 19.4 Å². The van der Waals surface area contributed by atoms with Gasteiger partial charge in [-0.1, -0.05) is 12.1 Å². The molecule has 0 aromatic heterocycles. The molecular weight excluding hydrogens is 392 g/mol. The van der Waals surface area contributed by atoms with Crippen molar-refractivity contribution in [2.24, 2.45) is 5.92 Å². The van der Waals surface area contributed by atoms with E-state index in [9.17, 15) is 19.7 Å². The molecule has 3 rings (SSSR count). The molecule has 158 valence electrons. The van der Waals surface area contributed by atoms with Gasteiger partial charge in [-0.3, -0.25) is 19.7 Å². The van der Waals surface area contributed by atoms with E-state index >= 15 is 0 Å². The Morgan fingerprint density at radius 2 is 1.97 bits per heavy atom. The van der Waals surface area contributed by atoms with Crippen LogP contribution in [0.25, 0.3) is 0 Å². The molecule has 0 aliphatic carbocycles. The smallest absolute Gasteiger partial charge is 0.311 e. The lowest BCUT2D eigenvalue weighted by molar-refractivity contribution is -0.385. The van der Waals surface area contributed by atoms with Gasteiger partial charge in [0, 0.05) is 31.2 Å². The molecule has 2 aromatic carbocycles. The molecule has 2 aromatic rings. The number of hydrogen-bond donors (Lipinski definition) is 0. The summed E-state index contributed by atoms with van der Waals surface area (Å²) >= 11 is 0. The standard InChI is InChI=1S/C21H22N2O7/c1-13(14-5-4-6-16(9-14)23(26)27)30-21(25)15-10-20(24)22(12-15)18-8-7-17(28-2)11-19(18)29-3/h4-9,11,13,15H,10,12H2,1-3H3/t13-,15+/m0/s1. The van der Waals surface area contributed by atoms with Crippen molar-refractivity contribution >= 4 is 23.3 Å². The van der Waals surface area contributed by atoms with E-state index in [4.69, 9.17) is 14.2 Å². The van der Waals surface area contributed by atoms with E-state index in [1.165, 1.54) is 37.3 Å². The minimum atomic E-state index is -0.683. The molecule has 1 saturated heterocycles. The fourth-order valence-corrected chi connectivity index (χ4v) is 3.34. The number of carbonyl (C=O) groups is 2. The van der Waals surface area contributed by atoms with Crippen molar-refractivity contribution < 1.29 is 28.7 Å². The summed E-state index contributed by atoms with van der Waals surface area (Å²) in [5.41, 5.74) is 0.977. The number of nitrogens with zero attached hydrogens (tertiary/aromatic N) is 2. The normalized spacial score (nSPS) is 16.8. The van der Waals surface area contributed by atoms with E-state index in [0.29, 0.717) is 22.7 Å². The summed E-state index contributed by atoms with van der Waals surface area (Å²) in [6.07, 6.45) is -0.674. The third-order valence-electron chi connectivity index (χ3n) is 4.98. The number of carbonyl (C=O) groups excluding carboxylic acids is 2. The van der Waals surface area contributed by atoms with Crippen LogP contribution in [0.2, 0.25) is 0 Å². The van der Waals surface area contributed by atoms with E-state index in [-0.39, 0.29) is 24.6 Å². The summed E-state index contributed by atoms with van der Waals surface area (Å²) in [6.45, 7) is 1.79. The summed E-state index contributed by atoms with van der Waals surface area (Å²) in [4.78, 5) is 37.1. The molecule has 1 heterocycles. The number of nitro benzene ring substituents is 1. The van der Waals surface area contributed by atoms with Crippen LogP contribution in [0.3, 0.4) is 0 Å². The van der Waals surface area contributed by atoms with Crippen LogP contribution in [-0.4, -0.2) is 37.6 Å². The number of esters is 1. The van der Waals surface area contributed by atoms with Crippen molar-refractivity contribution in [3.63, 3.8) is 0 Å². The van der Waals surface area contributed by atoms with Crippen molar-refractivity contribution in [2.75, 3.05) is 25.7 Å². The first kappa shape index (κ1) is 21.1. The topological polar surface area (TPSA) is 108 Å². The second-order valence-electron chi connectivity index (χ2n) is 6.87. The van der Waals surface area contributed by atoms with E-state index in [0.717, 1.165) is 0 Å². The third-order valence-corrected chi connectivity index (χ3v) is 4.98. The van der Waals surface area contributed by atoms with Gasteiger partial charge >= 0.3 is 5.97 Å². The predicted octanol–water partition coefficient (Wildman–Crippen LogP) is 3.27. The van der Waals surface area contributed by atoms with Crippen LogP contribution in [0.4, 0.5) is 11.4 Å². The largest absolute Gasteiger partial charge is 0.497 e. The molecule has 1 aliphatic rings. The number of benzene rings is 2. The van der Waals surface area contributed by atoms with Crippen LogP contribution in [0, 0.1) is 16.0 Å². The second-order valence-corrected chi connectivity index (χ2v) is 6.87. The Bertz CT molecular complexity index is 976. The van der Waals surface area contributed by atoms with Crippen LogP contribution in [0.1, 0.15) is 25.0 Å². The van der Waals surface area contributed by atoms with Crippen LogP contribution in [0.15, 0.2) is 42.5 Å². The van der Waals surface area contributed by atoms with Gasteiger partial charge in [-0.2, -0.15) is 0 Å². The summed E-state index contributed by atoms with van der Waals surface area (Å²) in [7, 11) is 3.02. The van der Waals surface area contributed by atoms with Crippen molar-refractivity contribution in [1.29, 1.82) is 0 Å². The Morgan fingerprint density at radius 1 is 1.20 bits per heavy atom. The van der Waals surface area contributed by atoms with Gasteiger partial charge in [0.1, 0.15) is 17.6 Å².